The predicted molar refractivity (Wildman–Crippen MR) is 73.1 cm³/mol. The summed E-state index contributed by atoms with van der Waals surface area (Å²) in [6, 6.07) is 10.4. The van der Waals surface area contributed by atoms with E-state index in [0.717, 1.165) is 12.8 Å². The number of hydrogen-bond acceptors (Lipinski definition) is 1. The van der Waals surface area contributed by atoms with E-state index in [1.807, 2.05) is 19.9 Å². The van der Waals surface area contributed by atoms with E-state index in [1.165, 1.54) is 5.56 Å². The Bertz CT molecular complexity index is 340. The number of Topliss-reactive ketones (excluding diaryl/α,β-unsaturated/α-hetero) is 1. The highest BCUT2D eigenvalue weighted by molar-refractivity contribution is 5.83. The van der Waals surface area contributed by atoms with Crippen molar-refractivity contribution >= 4 is 5.78 Å². The molecule has 0 saturated heterocycles. The molecular formula is C16H24O. The highest BCUT2D eigenvalue weighted by atomic mass is 16.1. The van der Waals surface area contributed by atoms with Crippen molar-refractivity contribution in [2.75, 3.05) is 0 Å². The van der Waals surface area contributed by atoms with Crippen LogP contribution in [0.5, 0.6) is 0 Å². The molecule has 0 aliphatic carbocycles. The fraction of sp³-hybridized carbons (Fsp3) is 0.562. The van der Waals surface area contributed by atoms with E-state index < -0.39 is 0 Å². The van der Waals surface area contributed by atoms with Crippen LogP contribution in [-0.4, -0.2) is 5.78 Å². The van der Waals surface area contributed by atoms with Crippen LogP contribution in [0.3, 0.4) is 0 Å². The first-order chi connectivity index (χ1) is 8.07. The minimum atomic E-state index is 0.123. The Morgan fingerprint density at radius 2 is 1.71 bits per heavy atom. The monoisotopic (exact) mass is 232 g/mol. The van der Waals surface area contributed by atoms with Gasteiger partial charge in [0.2, 0.25) is 0 Å². The zero-order valence-corrected chi connectivity index (χ0v) is 11.4. The summed E-state index contributed by atoms with van der Waals surface area (Å²) in [6.45, 7) is 8.25. The summed E-state index contributed by atoms with van der Waals surface area (Å²) in [5.74, 6) is 1.01. The zero-order valence-electron chi connectivity index (χ0n) is 11.4. The summed E-state index contributed by atoms with van der Waals surface area (Å²) in [5, 5.41) is 0. The Kier molecular flexibility index (Phi) is 5.40. The molecule has 0 saturated carbocycles. The first kappa shape index (κ1) is 14.0. The van der Waals surface area contributed by atoms with E-state index in [4.69, 9.17) is 0 Å². The largest absolute Gasteiger partial charge is 0.299 e. The minimum absolute atomic E-state index is 0.123. The average Bonchev–Trinajstić information content (AvgIpc) is 2.35. The lowest BCUT2D eigenvalue weighted by Gasteiger charge is -2.24. The maximum atomic E-state index is 12.1. The highest BCUT2D eigenvalue weighted by Crippen LogP contribution is 2.31. The van der Waals surface area contributed by atoms with E-state index >= 15 is 0 Å². The van der Waals surface area contributed by atoms with E-state index in [1.54, 1.807) is 0 Å². The van der Waals surface area contributed by atoms with Gasteiger partial charge in [-0.15, -0.1) is 0 Å². The fourth-order valence-electron chi connectivity index (χ4n) is 2.44. The van der Waals surface area contributed by atoms with Gasteiger partial charge >= 0.3 is 0 Å². The second kappa shape index (κ2) is 6.58. The predicted octanol–water partition coefficient (Wildman–Crippen LogP) is 4.43. The van der Waals surface area contributed by atoms with Gasteiger partial charge in [0.15, 0.2) is 0 Å². The maximum absolute atomic E-state index is 12.1. The number of carbonyl (C=O) groups excluding carboxylic acids is 1. The van der Waals surface area contributed by atoms with Gasteiger partial charge in [-0.1, -0.05) is 64.4 Å². The lowest BCUT2D eigenvalue weighted by atomic mass is 9.79. The molecule has 0 aromatic heterocycles. The van der Waals surface area contributed by atoms with E-state index in [0.29, 0.717) is 11.7 Å². The molecule has 0 heterocycles. The zero-order chi connectivity index (χ0) is 12.8. The topological polar surface area (TPSA) is 17.1 Å². The first-order valence-electron chi connectivity index (χ1n) is 6.66. The molecule has 17 heavy (non-hydrogen) atoms. The normalized spacial score (nSPS) is 14.6. The van der Waals surface area contributed by atoms with Gasteiger partial charge in [0.25, 0.3) is 0 Å². The van der Waals surface area contributed by atoms with Crippen LogP contribution in [0, 0.1) is 11.8 Å². The van der Waals surface area contributed by atoms with E-state index in [9.17, 15) is 4.79 Å². The van der Waals surface area contributed by atoms with E-state index in [-0.39, 0.29) is 11.8 Å². The van der Waals surface area contributed by atoms with Gasteiger partial charge in [-0.2, -0.15) is 0 Å². The van der Waals surface area contributed by atoms with Gasteiger partial charge < -0.3 is 0 Å². The molecule has 0 fully saturated rings. The molecule has 1 nitrogen and oxygen atoms in total. The number of carbonyl (C=O) groups is 1. The molecule has 1 aromatic carbocycles. The molecular weight excluding hydrogens is 208 g/mol. The van der Waals surface area contributed by atoms with Crippen molar-refractivity contribution in [3.63, 3.8) is 0 Å². The summed E-state index contributed by atoms with van der Waals surface area (Å²) in [6.07, 6.45) is 2.21. The van der Waals surface area contributed by atoms with E-state index in [2.05, 4.69) is 38.1 Å². The molecule has 1 rings (SSSR count). The Balaban J connectivity index is 2.90. The SMILES string of the molecule is CCC[C@@H](c1ccccc1)[C@H](C)C(=O)C(C)C. The second-order valence-corrected chi connectivity index (χ2v) is 5.15. The maximum Gasteiger partial charge on any atom is 0.138 e. The summed E-state index contributed by atoms with van der Waals surface area (Å²) in [5.41, 5.74) is 1.30. The van der Waals surface area contributed by atoms with Gasteiger partial charge in [0.05, 0.1) is 0 Å². The molecule has 0 aliphatic heterocycles. The highest BCUT2D eigenvalue weighted by Gasteiger charge is 2.26. The van der Waals surface area contributed by atoms with Crippen LogP contribution in [0.15, 0.2) is 30.3 Å². The van der Waals surface area contributed by atoms with Gasteiger partial charge in [-0.05, 0) is 17.9 Å². The molecule has 1 aromatic rings. The lowest BCUT2D eigenvalue weighted by molar-refractivity contribution is -0.126. The van der Waals surface area contributed by atoms with Crippen LogP contribution >= 0.6 is 0 Å². The molecule has 94 valence electrons. The van der Waals surface area contributed by atoms with Crippen LogP contribution in [0.1, 0.15) is 52.0 Å². The number of benzene rings is 1. The van der Waals surface area contributed by atoms with Crippen LogP contribution in [0.4, 0.5) is 0 Å². The molecule has 0 N–H and O–H groups in total. The first-order valence-corrected chi connectivity index (χ1v) is 6.66. The number of hydrogen-bond donors (Lipinski definition) is 0. The molecule has 0 amide bonds. The van der Waals surface area contributed by atoms with Crippen molar-refractivity contribution in [1.29, 1.82) is 0 Å². The molecule has 2 atom stereocenters. The Labute approximate surface area is 105 Å². The molecule has 0 radical (unpaired) electrons. The summed E-state index contributed by atoms with van der Waals surface area (Å²) >= 11 is 0. The van der Waals surface area contributed by atoms with Crippen molar-refractivity contribution in [1.82, 2.24) is 0 Å². The van der Waals surface area contributed by atoms with Gasteiger partial charge in [-0.3, -0.25) is 4.79 Å². The van der Waals surface area contributed by atoms with Crippen molar-refractivity contribution in [2.45, 2.75) is 46.5 Å². The van der Waals surface area contributed by atoms with Gasteiger partial charge in [0, 0.05) is 11.8 Å². The summed E-state index contributed by atoms with van der Waals surface area (Å²) in [7, 11) is 0. The third-order valence-corrected chi connectivity index (χ3v) is 3.45. The van der Waals surface area contributed by atoms with Crippen molar-refractivity contribution < 1.29 is 4.79 Å². The second-order valence-electron chi connectivity index (χ2n) is 5.15. The quantitative estimate of drug-likeness (QED) is 0.709. The molecule has 0 bridgehead atoms. The summed E-state index contributed by atoms with van der Waals surface area (Å²) < 4.78 is 0. The average molecular weight is 232 g/mol. The van der Waals surface area contributed by atoms with Crippen molar-refractivity contribution in [3.8, 4) is 0 Å². The molecule has 0 spiro atoms. The van der Waals surface area contributed by atoms with Crippen LogP contribution in [0.25, 0.3) is 0 Å². The van der Waals surface area contributed by atoms with Crippen molar-refractivity contribution in [2.24, 2.45) is 11.8 Å². The Morgan fingerprint density at radius 1 is 1.12 bits per heavy atom. The van der Waals surface area contributed by atoms with Crippen LogP contribution in [-0.2, 0) is 4.79 Å². The third kappa shape index (κ3) is 3.69. The summed E-state index contributed by atoms with van der Waals surface area (Å²) in [4.78, 5) is 12.1. The number of ketones is 1. The fourth-order valence-corrected chi connectivity index (χ4v) is 2.44. The van der Waals surface area contributed by atoms with Gasteiger partial charge in [0.1, 0.15) is 5.78 Å². The Morgan fingerprint density at radius 3 is 2.18 bits per heavy atom. The third-order valence-electron chi connectivity index (χ3n) is 3.45. The molecule has 0 aliphatic rings. The standard InChI is InChI=1S/C16H24O/c1-5-9-15(13(4)16(17)12(2)3)14-10-7-6-8-11-14/h6-8,10-13,15H,5,9H2,1-4H3/t13-,15+/m0/s1. The van der Waals surface area contributed by atoms with Crippen LogP contribution in [0.2, 0.25) is 0 Å². The lowest BCUT2D eigenvalue weighted by Crippen LogP contribution is -2.23. The molecule has 0 unspecified atom stereocenters. The van der Waals surface area contributed by atoms with Crippen molar-refractivity contribution in [3.05, 3.63) is 35.9 Å². The molecule has 1 heteroatoms. The van der Waals surface area contributed by atoms with Crippen LogP contribution < -0.4 is 0 Å². The van der Waals surface area contributed by atoms with Gasteiger partial charge in [-0.25, -0.2) is 0 Å². The minimum Gasteiger partial charge on any atom is -0.299 e. The Hall–Kier alpha value is -1.11. The number of rotatable bonds is 6. The smallest absolute Gasteiger partial charge is 0.138 e.